The Morgan fingerprint density at radius 1 is 0.938 bits per heavy atom. The monoisotopic (exact) mass is 230 g/mol. The topological polar surface area (TPSA) is 99.4 Å². The van der Waals surface area contributed by atoms with E-state index >= 15 is 0 Å². The smallest absolute Gasteiger partial charge is 0.207 e. The van der Waals surface area contributed by atoms with Crippen LogP contribution in [0.5, 0.6) is 23.0 Å². The van der Waals surface area contributed by atoms with Crippen LogP contribution in [0, 0.1) is 0 Å². The molecule has 0 spiro atoms. The normalized spacial score (nSPS) is 10.1. The summed E-state index contributed by atoms with van der Waals surface area (Å²) in [6.07, 6.45) is 0. The Kier molecular flexibility index (Phi) is 4.68. The van der Waals surface area contributed by atoms with E-state index in [4.69, 9.17) is 19.7 Å². The van der Waals surface area contributed by atoms with E-state index in [-0.39, 0.29) is 49.4 Å². The zero-order chi connectivity index (χ0) is 12.0. The van der Waals surface area contributed by atoms with Crippen LogP contribution in [-0.4, -0.2) is 46.9 Å². The van der Waals surface area contributed by atoms with Gasteiger partial charge in [0.1, 0.15) is 13.2 Å². The van der Waals surface area contributed by atoms with E-state index in [0.717, 1.165) is 0 Å². The maximum absolute atomic E-state index is 9.65. The van der Waals surface area contributed by atoms with Gasteiger partial charge in [0.25, 0.3) is 0 Å². The first-order valence-corrected chi connectivity index (χ1v) is 4.73. The van der Waals surface area contributed by atoms with Gasteiger partial charge >= 0.3 is 0 Å². The first-order chi connectivity index (χ1) is 7.70. The molecule has 0 aliphatic heterocycles. The van der Waals surface area contributed by atoms with Crippen LogP contribution in [0.2, 0.25) is 0 Å². The van der Waals surface area contributed by atoms with E-state index in [1.807, 2.05) is 0 Å². The summed E-state index contributed by atoms with van der Waals surface area (Å²) in [5, 5.41) is 36.2. The van der Waals surface area contributed by atoms with Gasteiger partial charge in [0.2, 0.25) is 11.5 Å². The molecule has 0 saturated carbocycles. The number of benzene rings is 1. The molecule has 0 unspecified atom stereocenters. The van der Waals surface area contributed by atoms with Gasteiger partial charge in [0.15, 0.2) is 11.5 Å². The third kappa shape index (κ3) is 2.91. The predicted octanol–water partition coefficient (Wildman–Crippen LogP) is -0.160. The molecule has 16 heavy (non-hydrogen) atoms. The lowest BCUT2D eigenvalue weighted by Crippen LogP contribution is -2.04. The van der Waals surface area contributed by atoms with Crippen LogP contribution in [0.15, 0.2) is 12.1 Å². The third-order valence-electron chi connectivity index (χ3n) is 1.76. The van der Waals surface area contributed by atoms with Gasteiger partial charge in [-0.05, 0) is 12.1 Å². The Labute approximate surface area is 92.3 Å². The van der Waals surface area contributed by atoms with Crippen LogP contribution in [0.1, 0.15) is 0 Å². The maximum atomic E-state index is 9.65. The zero-order valence-electron chi connectivity index (χ0n) is 8.59. The summed E-state index contributed by atoms with van der Waals surface area (Å²) < 4.78 is 9.95. The highest BCUT2D eigenvalue weighted by atomic mass is 16.5. The molecule has 0 saturated heterocycles. The molecule has 0 aliphatic carbocycles. The van der Waals surface area contributed by atoms with Crippen molar-refractivity contribution in [3.63, 3.8) is 0 Å². The van der Waals surface area contributed by atoms with Crippen molar-refractivity contribution in [1.82, 2.24) is 0 Å². The fourth-order valence-electron chi connectivity index (χ4n) is 1.10. The SMILES string of the molecule is OCCOc1ccc(O)c(OCCO)c1O. The Balaban J connectivity index is 2.87. The number of phenols is 2. The third-order valence-corrected chi connectivity index (χ3v) is 1.76. The largest absolute Gasteiger partial charge is 0.504 e. The van der Waals surface area contributed by atoms with Gasteiger partial charge in [-0.25, -0.2) is 0 Å². The minimum Gasteiger partial charge on any atom is -0.504 e. The molecule has 0 bridgehead atoms. The second kappa shape index (κ2) is 6.04. The van der Waals surface area contributed by atoms with Crippen molar-refractivity contribution in [2.75, 3.05) is 26.4 Å². The van der Waals surface area contributed by atoms with Crippen LogP contribution in [0.3, 0.4) is 0 Å². The molecule has 0 heterocycles. The second-order valence-electron chi connectivity index (χ2n) is 2.90. The van der Waals surface area contributed by atoms with E-state index in [1.54, 1.807) is 0 Å². The van der Waals surface area contributed by atoms with E-state index in [9.17, 15) is 10.2 Å². The Morgan fingerprint density at radius 3 is 2.19 bits per heavy atom. The van der Waals surface area contributed by atoms with Crippen LogP contribution in [0.25, 0.3) is 0 Å². The Morgan fingerprint density at radius 2 is 1.56 bits per heavy atom. The molecule has 0 aliphatic rings. The highest BCUT2D eigenvalue weighted by molar-refractivity contribution is 5.57. The first-order valence-electron chi connectivity index (χ1n) is 4.73. The van der Waals surface area contributed by atoms with Gasteiger partial charge in [-0.3, -0.25) is 0 Å². The summed E-state index contributed by atoms with van der Waals surface area (Å²) >= 11 is 0. The molecule has 0 aromatic heterocycles. The van der Waals surface area contributed by atoms with Crippen molar-refractivity contribution >= 4 is 0 Å². The minimum absolute atomic E-state index is 0.0256. The van der Waals surface area contributed by atoms with E-state index in [0.29, 0.717) is 0 Å². The predicted molar refractivity (Wildman–Crippen MR) is 54.9 cm³/mol. The summed E-state index contributed by atoms with van der Waals surface area (Å²) in [5.74, 6) is -0.659. The van der Waals surface area contributed by atoms with Crippen molar-refractivity contribution < 1.29 is 29.9 Å². The highest BCUT2D eigenvalue weighted by Gasteiger charge is 2.14. The molecule has 0 atom stereocenters. The molecule has 1 rings (SSSR count). The number of aliphatic hydroxyl groups excluding tert-OH is 2. The standard InChI is InChI=1S/C10H14O6/c11-3-5-15-8-2-1-7(13)10(9(8)14)16-6-4-12/h1-2,11-14H,3-6H2. The lowest BCUT2D eigenvalue weighted by molar-refractivity contribution is 0.183. The summed E-state index contributed by atoms with van der Waals surface area (Å²) in [6, 6.07) is 2.64. The van der Waals surface area contributed by atoms with Crippen molar-refractivity contribution in [3.05, 3.63) is 12.1 Å². The number of phenolic OH excluding ortho intramolecular Hbond substituents is 2. The van der Waals surface area contributed by atoms with Crippen molar-refractivity contribution in [3.8, 4) is 23.0 Å². The number of rotatable bonds is 6. The number of aliphatic hydroxyl groups is 2. The van der Waals surface area contributed by atoms with Gasteiger partial charge in [-0.1, -0.05) is 0 Å². The van der Waals surface area contributed by atoms with Crippen molar-refractivity contribution in [2.24, 2.45) is 0 Å². The Bertz CT molecular complexity index is 338. The summed E-state index contributed by atoms with van der Waals surface area (Å²) in [7, 11) is 0. The second-order valence-corrected chi connectivity index (χ2v) is 2.90. The van der Waals surface area contributed by atoms with Gasteiger partial charge in [0.05, 0.1) is 13.2 Å². The lowest BCUT2D eigenvalue weighted by atomic mass is 10.2. The number of aromatic hydroxyl groups is 2. The molecular formula is C10H14O6. The van der Waals surface area contributed by atoms with Crippen molar-refractivity contribution in [2.45, 2.75) is 0 Å². The minimum atomic E-state index is -0.359. The molecule has 4 N–H and O–H groups in total. The van der Waals surface area contributed by atoms with E-state index in [1.165, 1.54) is 12.1 Å². The maximum Gasteiger partial charge on any atom is 0.207 e. The summed E-state index contributed by atoms with van der Waals surface area (Å²) in [5.41, 5.74) is 0. The molecule has 0 fully saturated rings. The number of ether oxygens (including phenoxy) is 2. The van der Waals surface area contributed by atoms with Gasteiger partial charge in [0, 0.05) is 0 Å². The zero-order valence-corrected chi connectivity index (χ0v) is 8.59. The van der Waals surface area contributed by atoms with Gasteiger partial charge in [-0.2, -0.15) is 0 Å². The van der Waals surface area contributed by atoms with Crippen LogP contribution < -0.4 is 9.47 Å². The average Bonchev–Trinajstić information content (AvgIpc) is 2.28. The molecule has 1 aromatic carbocycles. The van der Waals surface area contributed by atoms with E-state index in [2.05, 4.69) is 0 Å². The average molecular weight is 230 g/mol. The molecule has 0 radical (unpaired) electrons. The molecule has 6 heteroatoms. The first kappa shape index (κ1) is 12.4. The molecule has 1 aromatic rings. The fraction of sp³-hybridized carbons (Fsp3) is 0.400. The quantitative estimate of drug-likeness (QED) is 0.542. The van der Waals surface area contributed by atoms with Crippen LogP contribution in [-0.2, 0) is 0 Å². The van der Waals surface area contributed by atoms with Crippen molar-refractivity contribution in [1.29, 1.82) is 0 Å². The molecular weight excluding hydrogens is 216 g/mol. The highest BCUT2D eigenvalue weighted by Crippen LogP contribution is 2.42. The molecule has 0 amide bonds. The van der Waals surface area contributed by atoms with E-state index < -0.39 is 0 Å². The number of hydrogen-bond acceptors (Lipinski definition) is 6. The van der Waals surface area contributed by atoms with Crippen LogP contribution in [0.4, 0.5) is 0 Å². The molecule has 90 valence electrons. The van der Waals surface area contributed by atoms with Gasteiger partial charge < -0.3 is 29.9 Å². The summed E-state index contributed by atoms with van der Waals surface area (Å²) in [4.78, 5) is 0. The van der Waals surface area contributed by atoms with Gasteiger partial charge in [-0.15, -0.1) is 0 Å². The Hall–Kier alpha value is -1.66. The molecule has 6 nitrogen and oxygen atoms in total. The summed E-state index contributed by atoms with van der Waals surface area (Å²) in [6.45, 7) is -0.448. The fourth-order valence-corrected chi connectivity index (χ4v) is 1.10. The number of hydrogen-bond donors (Lipinski definition) is 4. The lowest BCUT2D eigenvalue weighted by Gasteiger charge is -2.12. The van der Waals surface area contributed by atoms with Crippen LogP contribution >= 0.6 is 0 Å².